The van der Waals surface area contributed by atoms with Crippen LogP contribution in [0.5, 0.6) is 0 Å². The van der Waals surface area contributed by atoms with Gasteiger partial charge < -0.3 is 19.8 Å². The fourth-order valence-corrected chi connectivity index (χ4v) is 3.31. The maximum atomic E-state index is 11.9. The van der Waals surface area contributed by atoms with Crippen LogP contribution in [0.2, 0.25) is 0 Å². The normalized spacial score (nSPS) is 13.9. The highest BCUT2D eigenvalue weighted by Gasteiger charge is 2.21. The van der Waals surface area contributed by atoms with Gasteiger partial charge in [-0.15, -0.1) is 0 Å². The SMILES string of the molecule is Cc1ccccc1CCNC(=O)CO/N=C/c1ccc(N2CCOCC2)c([N+](=O)[O-])c1. The molecule has 9 heteroatoms. The molecule has 164 valence electrons. The zero-order valence-corrected chi connectivity index (χ0v) is 17.5. The van der Waals surface area contributed by atoms with Crippen LogP contribution < -0.4 is 10.2 Å². The van der Waals surface area contributed by atoms with Gasteiger partial charge >= 0.3 is 0 Å². The van der Waals surface area contributed by atoms with Crippen LogP contribution in [0.1, 0.15) is 16.7 Å². The summed E-state index contributed by atoms with van der Waals surface area (Å²) < 4.78 is 5.30. The van der Waals surface area contributed by atoms with E-state index in [0.29, 0.717) is 44.1 Å². The van der Waals surface area contributed by atoms with Gasteiger partial charge in [0, 0.05) is 31.3 Å². The first-order valence-electron chi connectivity index (χ1n) is 10.1. The minimum absolute atomic E-state index is 0.000187. The summed E-state index contributed by atoms with van der Waals surface area (Å²) in [6.45, 7) is 4.62. The van der Waals surface area contributed by atoms with Crippen molar-refractivity contribution < 1.29 is 19.3 Å². The smallest absolute Gasteiger partial charge is 0.293 e. The monoisotopic (exact) mass is 426 g/mol. The molecule has 0 unspecified atom stereocenters. The molecule has 9 nitrogen and oxygen atoms in total. The van der Waals surface area contributed by atoms with Crippen molar-refractivity contribution >= 4 is 23.5 Å². The molecule has 0 atom stereocenters. The number of anilines is 1. The molecule has 1 heterocycles. The van der Waals surface area contributed by atoms with Crippen LogP contribution in [0, 0.1) is 17.0 Å². The van der Waals surface area contributed by atoms with Crippen molar-refractivity contribution in [3.63, 3.8) is 0 Å². The lowest BCUT2D eigenvalue weighted by Gasteiger charge is -2.28. The van der Waals surface area contributed by atoms with E-state index in [4.69, 9.17) is 9.57 Å². The van der Waals surface area contributed by atoms with E-state index in [-0.39, 0.29) is 18.2 Å². The molecule has 1 aliphatic heterocycles. The third kappa shape index (κ3) is 6.51. The number of hydrogen-bond donors (Lipinski definition) is 1. The summed E-state index contributed by atoms with van der Waals surface area (Å²) in [5.74, 6) is -0.278. The number of nitro benzene ring substituents is 1. The van der Waals surface area contributed by atoms with Crippen LogP contribution in [0.15, 0.2) is 47.6 Å². The van der Waals surface area contributed by atoms with Crippen LogP contribution in [-0.2, 0) is 20.8 Å². The van der Waals surface area contributed by atoms with Crippen molar-refractivity contribution in [3.8, 4) is 0 Å². The highest BCUT2D eigenvalue weighted by atomic mass is 16.6. The minimum Gasteiger partial charge on any atom is -0.386 e. The first-order valence-corrected chi connectivity index (χ1v) is 10.1. The minimum atomic E-state index is -0.412. The van der Waals surface area contributed by atoms with Gasteiger partial charge in [-0.1, -0.05) is 35.5 Å². The summed E-state index contributed by atoms with van der Waals surface area (Å²) in [4.78, 5) is 29.9. The number of carbonyl (C=O) groups is 1. The third-order valence-corrected chi connectivity index (χ3v) is 5.00. The topological polar surface area (TPSA) is 106 Å². The number of morpholine rings is 1. The first kappa shape index (κ1) is 22.2. The van der Waals surface area contributed by atoms with Crippen LogP contribution in [0.3, 0.4) is 0 Å². The van der Waals surface area contributed by atoms with E-state index in [1.165, 1.54) is 23.4 Å². The van der Waals surface area contributed by atoms with E-state index in [1.54, 1.807) is 12.1 Å². The summed E-state index contributed by atoms with van der Waals surface area (Å²) in [7, 11) is 0. The number of hydrogen-bond acceptors (Lipinski definition) is 7. The lowest BCUT2D eigenvalue weighted by molar-refractivity contribution is -0.384. The van der Waals surface area contributed by atoms with Crippen LogP contribution in [-0.4, -0.2) is 56.5 Å². The lowest BCUT2D eigenvalue weighted by atomic mass is 10.1. The Balaban J connectivity index is 1.47. The van der Waals surface area contributed by atoms with Gasteiger partial charge in [0.05, 0.1) is 24.4 Å². The molecular formula is C22H26N4O5. The molecular weight excluding hydrogens is 400 g/mol. The van der Waals surface area contributed by atoms with E-state index >= 15 is 0 Å². The highest BCUT2D eigenvalue weighted by Crippen LogP contribution is 2.29. The number of amides is 1. The van der Waals surface area contributed by atoms with Crippen molar-refractivity contribution in [1.82, 2.24) is 5.32 Å². The van der Waals surface area contributed by atoms with Crippen molar-refractivity contribution in [2.75, 3.05) is 44.4 Å². The molecule has 0 spiro atoms. The van der Waals surface area contributed by atoms with Crippen molar-refractivity contribution in [2.45, 2.75) is 13.3 Å². The zero-order valence-electron chi connectivity index (χ0n) is 17.5. The summed E-state index contributed by atoms with van der Waals surface area (Å²) in [6, 6.07) is 12.9. The van der Waals surface area contributed by atoms with E-state index in [2.05, 4.69) is 10.5 Å². The Hall–Kier alpha value is -3.46. The van der Waals surface area contributed by atoms with Gasteiger partial charge in [0.2, 0.25) is 0 Å². The molecule has 0 bridgehead atoms. The molecule has 3 rings (SSSR count). The van der Waals surface area contributed by atoms with Gasteiger partial charge in [-0.25, -0.2) is 0 Å². The van der Waals surface area contributed by atoms with Gasteiger partial charge in [0.1, 0.15) is 5.69 Å². The average Bonchev–Trinajstić information content (AvgIpc) is 2.78. The largest absolute Gasteiger partial charge is 0.386 e. The molecule has 1 fully saturated rings. The number of nitrogens with one attached hydrogen (secondary N) is 1. The summed E-state index contributed by atoms with van der Waals surface area (Å²) in [6.07, 6.45) is 2.09. The number of nitro groups is 1. The lowest BCUT2D eigenvalue weighted by Crippen LogP contribution is -2.36. The van der Waals surface area contributed by atoms with Crippen molar-refractivity contribution in [3.05, 3.63) is 69.3 Å². The number of rotatable bonds is 9. The molecule has 0 radical (unpaired) electrons. The second-order valence-electron chi connectivity index (χ2n) is 7.14. The summed E-state index contributed by atoms with van der Waals surface area (Å²) >= 11 is 0. The molecule has 2 aromatic rings. The van der Waals surface area contributed by atoms with Gasteiger partial charge in [0.15, 0.2) is 6.61 Å². The predicted octanol–water partition coefficient (Wildman–Crippen LogP) is 2.45. The number of aryl methyl sites for hydroxylation is 1. The third-order valence-electron chi connectivity index (χ3n) is 5.00. The van der Waals surface area contributed by atoms with Crippen LogP contribution >= 0.6 is 0 Å². The molecule has 0 aliphatic carbocycles. The maximum Gasteiger partial charge on any atom is 0.293 e. The Morgan fingerprint density at radius 1 is 1.29 bits per heavy atom. The zero-order chi connectivity index (χ0) is 22.1. The quantitative estimate of drug-likeness (QED) is 0.375. The fourth-order valence-electron chi connectivity index (χ4n) is 3.31. The van der Waals surface area contributed by atoms with Gasteiger partial charge in [-0.3, -0.25) is 14.9 Å². The van der Waals surface area contributed by atoms with Gasteiger partial charge in [-0.05, 0) is 30.5 Å². The van der Waals surface area contributed by atoms with Crippen LogP contribution in [0.4, 0.5) is 11.4 Å². The average molecular weight is 426 g/mol. The van der Waals surface area contributed by atoms with Crippen LogP contribution in [0.25, 0.3) is 0 Å². The second-order valence-corrected chi connectivity index (χ2v) is 7.14. The Kier molecular flexibility index (Phi) is 7.94. The molecule has 1 saturated heterocycles. The number of oxime groups is 1. The van der Waals surface area contributed by atoms with E-state index < -0.39 is 4.92 Å². The van der Waals surface area contributed by atoms with E-state index in [1.807, 2.05) is 36.1 Å². The second kappa shape index (κ2) is 11.1. The summed E-state index contributed by atoms with van der Waals surface area (Å²) in [5.41, 5.74) is 3.44. The van der Waals surface area contributed by atoms with Gasteiger partial charge in [-0.2, -0.15) is 0 Å². The Labute approximate surface area is 180 Å². The fraction of sp³-hybridized carbons (Fsp3) is 0.364. The van der Waals surface area contributed by atoms with Crippen molar-refractivity contribution in [2.24, 2.45) is 5.16 Å². The molecule has 2 aromatic carbocycles. The Morgan fingerprint density at radius 3 is 2.81 bits per heavy atom. The van der Waals surface area contributed by atoms with E-state index in [0.717, 1.165) is 6.42 Å². The highest BCUT2D eigenvalue weighted by molar-refractivity contribution is 5.83. The predicted molar refractivity (Wildman–Crippen MR) is 118 cm³/mol. The summed E-state index contributed by atoms with van der Waals surface area (Å²) in [5, 5.41) is 18.0. The van der Waals surface area contributed by atoms with Crippen molar-refractivity contribution in [1.29, 1.82) is 0 Å². The first-order chi connectivity index (χ1) is 15.0. The molecule has 0 saturated carbocycles. The Morgan fingerprint density at radius 2 is 2.06 bits per heavy atom. The molecule has 1 N–H and O–H groups in total. The standard InChI is InChI=1S/C22H26N4O5/c1-17-4-2-3-5-19(17)8-9-23-22(27)16-31-24-15-18-6-7-20(21(14-18)26(28)29)25-10-12-30-13-11-25/h2-7,14-15H,8-13,16H2,1H3,(H,23,27)/b24-15+. The number of carbonyl (C=O) groups excluding carboxylic acids is 1. The number of ether oxygens (including phenoxy) is 1. The molecule has 1 amide bonds. The Bertz CT molecular complexity index is 941. The molecule has 31 heavy (non-hydrogen) atoms. The number of benzene rings is 2. The molecule has 0 aromatic heterocycles. The molecule has 1 aliphatic rings. The van der Waals surface area contributed by atoms with Gasteiger partial charge in [0.25, 0.3) is 11.6 Å². The maximum absolute atomic E-state index is 11.9. The number of nitrogens with zero attached hydrogens (tertiary/aromatic N) is 3. The van der Waals surface area contributed by atoms with E-state index in [9.17, 15) is 14.9 Å².